The van der Waals surface area contributed by atoms with E-state index in [1.165, 1.54) is 25.5 Å². The quantitative estimate of drug-likeness (QED) is 0.455. The monoisotopic (exact) mass is 312 g/mol. The molecule has 0 aliphatic carbocycles. The van der Waals surface area contributed by atoms with Gasteiger partial charge in [0.25, 0.3) is 0 Å². The third-order valence-electron chi connectivity index (χ3n) is 3.42. The molecule has 3 N–H and O–H groups in total. The van der Waals surface area contributed by atoms with Crippen molar-refractivity contribution in [1.29, 1.82) is 0 Å². The summed E-state index contributed by atoms with van der Waals surface area (Å²) in [7, 11) is 3.56. The first-order valence-corrected chi connectivity index (χ1v) is 6.74. The molecule has 0 radical (unpaired) electrons. The predicted octanol–water partition coefficient (Wildman–Crippen LogP) is -1.53. The molecule has 9 nitrogen and oxygen atoms in total. The zero-order chi connectivity index (χ0) is 16.5. The number of aromatic nitrogens is 2. The van der Waals surface area contributed by atoms with Gasteiger partial charge in [-0.1, -0.05) is 0 Å². The molecule has 1 aliphatic rings. The molecule has 22 heavy (non-hydrogen) atoms. The fourth-order valence-electron chi connectivity index (χ4n) is 2.22. The van der Waals surface area contributed by atoms with Crippen molar-refractivity contribution in [2.45, 2.75) is 31.0 Å². The van der Waals surface area contributed by atoms with Crippen molar-refractivity contribution >= 4 is 12.2 Å². The van der Waals surface area contributed by atoms with Gasteiger partial charge in [-0.2, -0.15) is 4.98 Å². The second kappa shape index (κ2) is 6.13. The van der Waals surface area contributed by atoms with Crippen LogP contribution in [0.3, 0.4) is 0 Å². The van der Waals surface area contributed by atoms with Crippen LogP contribution in [0.15, 0.2) is 22.1 Å². The van der Waals surface area contributed by atoms with E-state index in [1.54, 1.807) is 19.0 Å². The number of aliphatic hydroxyl groups excluding tert-OH is 2. The maximum Gasteiger partial charge on any atom is 0.351 e. The lowest BCUT2D eigenvalue weighted by Crippen LogP contribution is -2.46. The van der Waals surface area contributed by atoms with Crippen LogP contribution in [0, 0.1) is 0 Å². The molecule has 9 heteroatoms. The van der Waals surface area contributed by atoms with E-state index in [-0.39, 0.29) is 5.82 Å². The summed E-state index contributed by atoms with van der Waals surface area (Å²) in [4.78, 5) is 21.6. The molecule has 0 amide bonds. The van der Waals surface area contributed by atoms with Crippen LogP contribution >= 0.6 is 0 Å². The molecule has 2 heterocycles. The van der Waals surface area contributed by atoms with Gasteiger partial charge in [-0.25, -0.2) is 9.79 Å². The smallest absolute Gasteiger partial charge is 0.351 e. The first-order valence-electron chi connectivity index (χ1n) is 6.74. The largest absolute Gasteiger partial charge is 0.394 e. The van der Waals surface area contributed by atoms with Gasteiger partial charge in [0, 0.05) is 20.3 Å². The topological polar surface area (TPSA) is 120 Å². The van der Waals surface area contributed by atoms with E-state index >= 15 is 0 Å². The summed E-state index contributed by atoms with van der Waals surface area (Å²) in [6.45, 7) is 0.865. The summed E-state index contributed by atoms with van der Waals surface area (Å²) in [6.07, 6.45) is -0.561. The average Bonchev–Trinajstić information content (AvgIpc) is 2.68. The summed E-state index contributed by atoms with van der Waals surface area (Å²) >= 11 is 0. The van der Waals surface area contributed by atoms with Crippen molar-refractivity contribution in [1.82, 2.24) is 14.5 Å². The van der Waals surface area contributed by atoms with Crippen LogP contribution in [-0.4, -0.2) is 74.6 Å². The van der Waals surface area contributed by atoms with E-state index in [4.69, 9.17) is 9.84 Å². The molecule has 0 saturated carbocycles. The minimum atomic E-state index is -1.73. The molecule has 0 aromatic carbocycles. The van der Waals surface area contributed by atoms with Crippen LogP contribution in [-0.2, 0) is 4.74 Å². The van der Waals surface area contributed by atoms with Gasteiger partial charge in [0.15, 0.2) is 12.0 Å². The molecule has 0 unspecified atom stereocenters. The summed E-state index contributed by atoms with van der Waals surface area (Å²) in [5.74, 6) is 0.215. The van der Waals surface area contributed by atoms with E-state index in [9.17, 15) is 15.0 Å². The molecule has 1 aromatic heterocycles. The summed E-state index contributed by atoms with van der Waals surface area (Å²) in [5, 5.41) is 29.4. The van der Waals surface area contributed by atoms with E-state index in [0.29, 0.717) is 0 Å². The van der Waals surface area contributed by atoms with Crippen LogP contribution in [0.4, 0.5) is 5.82 Å². The highest BCUT2D eigenvalue weighted by Crippen LogP contribution is 2.37. The molecular weight excluding hydrogens is 292 g/mol. The number of aliphatic imine (C=N–C) groups is 1. The molecule has 0 bridgehead atoms. The van der Waals surface area contributed by atoms with E-state index < -0.39 is 36.3 Å². The lowest BCUT2D eigenvalue weighted by Gasteiger charge is -2.27. The van der Waals surface area contributed by atoms with Gasteiger partial charge in [-0.3, -0.25) is 4.57 Å². The average molecular weight is 312 g/mol. The van der Waals surface area contributed by atoms with Gasteiger partial charge in [0.1, 0.15) is 17.8 Å². The van der Waals surface area contributed by atoms with Crippen LogP contribution in [0.2, 0.25) is 0 Å². The molecular formula is C13H20N4O5. The Morgan fingerprint density at radius 2 is 2.27 bits per heavy atom. The van der Waals surface area contributed by atoms with Gasteiger partial charge < -0.3 is 25.0 Å². The third kappa shape index (κ3) is 3.02. The second-order valence-electron chi connectivity index (χ2n) is 5.56. The van der Waals surface area contributed by atoms with E-state index in [2.05, 4.69) is 9.98 Å². The number of ether oxygens (including phenoxy) is 1. The zero-order valence-corrected chi connectivity index (χ0v) is 12.6. The van der Waals surface area contributed by atoms with Crippen LogP contribution in [0.5, 0.6) is 0 Å². The van der Waals surface area contributed by atoms with Crippen molar-refractivity contribution in [3.8, 4) is 0 Å². The highest BCUT2D eigenvalue weighted by Gasteiger charge is 2.53. The van der Waals surface area contributed by atoms with Crippen LogP contribution in [0.25, 0.3) is 0 Å². The van der Waals surface area contributed by atoms with E-state index in [1.807, 2.05) is 0 Å². The van der Waals surface area contributed by atoms with Gasteiger partial charge in [0.05, 0.1) is 12.9 Å². The standard InChI is InChI=1S/C13H20N4O5/c1-13(21)10(19)8(6-18)22-11(13)17-5-4-9(15-12(17)20)14-7-16(2)3/h4-5,7-8,10-11,18-19,21H,6H2,1-3H3/b14-7-/t8-,10+,11-,13-/m1/s1. The maximum absolute atomic E-state index is 12.1. The van der Waals surface area contributed by atoms with Crippen molar-refractivity contribution < 1.29 is 20.1 Å². The Balaban J connectivity index is 2.32. The molecule has 0 spiro atoms. The summed E-state index contributed by atoms with van der Waals surface area (Å²) in [5.41, 5.74) is -2.41. The predicted molar refractivity (Wildman–Crippen MR) is 78.0 cm³/mol. The fraction of sp³-hybridized carbons (Fsp3) is 0.615. The fourth-order valence-corrected chi connectivity index (χ4v) is 2.22. The zero-order valence-electron chi connectivity index (χ0n) is 12.6. The van der Waals surface area contributed by atoms with Gasteiger partial charge >= 0.3 is 5.69 Å². The molecule has 1 aliphatic heterocycles. The first kappa shape index (κ1) is 16.6. The highest BCUT2D eigenvalue weighted by molar-refractivity contribution is 5.58. The van der Waals surface area contributed by atoms with E-state index in [0.717, 1.165) is 4.57 Å². The normalized spacial score (nSPS) is 31.8. The number of hydrogen-bond donors (Lipinski definition) is 3. The maximum atomic E-state index is 12.1. The molecule has 2 rings (SSSR count). The number of aliphatic hydroxyl groups is 3. The van der Waals surface area contributed by atoms with Gasteiger partial charge in [-0.15, -0.1) is 0 Å². The highest BCUT2D eigenvalue weighted by atomic mass is 16.6. The lowest BCUT2D eigenvalue weighted by atomic mass is 9.96. The minimum absolute atomic E-state index is 0.215. The van der Waals surface area contributed by atoms with Gasteiger partial charge in [-0.05, 0) is 13.0 Å². The Morgan fingerprint density at radius 1 is 1.59 bits per heavy atom. The molecule has 1 saturated heterocycles. The molecule has 122 valence electrons. The van der Waals surface area contributed by atoms with Crippen molar-refractivity contribution in [2.24, 2.45) is 4.99 Å². The van der Waals surface area contributed by atoms with Crippen molar-refractivity contribution in [3.63, 3.8) is 0 Å². The number of rotatable bonds is 4. The van der Waals surface area contributed by atoms with Crippen molar-refractivity contribution in [2.75, 3.05) is 20.7 Å². The first-order chi connectivity index (χ1) is 10.3. The molecule has 1 fully saturated rings. The van der Waals surface area contributed by atoms with Crippen molar-refractivity contribution in [3.05, 3.63) is 22.7 Å². The Bertz CT molecular complexity index is 613. The lowest BCUT2D eigenvalue weighted by molar-refractivity contribution is -0.0986. The second-order valence-corrected chi connectivity index (χ2v) is 5.56. The minimum Gasteiger partial charge on any atom is -0.394 e. The van der Waals surface area contributed by atoms with Crippen LogP contribution in [0.1, 0.15) is 13.2 Å². The third-order valence-corrected chi connectivity index (χ3v) is 3.42. The number of nitrogens with zero attached hydrogens (tertiary/aromatic N) is 4. The molecule has 1 aromatic rings. The summed E-state index contributed by atoms with van der Waals surface area (Å²) in [6, 6.07) is 1.49. The Kier molecular flexibility index (Phi) is 4.61. The SMILES string of the molecule is CN(C)/C=N\c1ccn([C@@H]2O[C@H](CO)[C@H](O)[C@@]2(C)O)c(=O)n1. The van der Waals surface area contributed by atoms with Gasteiger partial charge in [0.2, 0.25) is 0 Å². The Hall–Kier alpha value is -1.81. The van der Waals surface area contributed by atoms with Crippen LogP contribution < -0.4 is 5.69 Å². The molecule has 4 atom stereocenters. The number of hydrogen-bond acceptors (Lipinski definition) is 7. The summed E-state index contributed by atoms with van der Waals surface area (Å²) < 4.78 is 6.43. The Morgan fingerprint density at radius 3 is 2.77 bits per heavy atom. The Labute approximate surface area is 127 Å².